The molecule has 1 aromatic carbocycles. The number of allylic oxidation sites excluding steroid dienone is 1. The van der Waals surface area contributed by atoms with Gasteiger partial charge in [0.1, 0.15) is 5.69 Å². The van der Waals surface area contributed by atoms with Gasteiger partial charge < -0.3 is 26.2 Å². The predicted molar refractivity (Wildman–Crippen MR) is 142 cm³/mol. The van der Waals surface area contributed by atoms with Crippen molar-refractivity contribution in [2.24, 2.45) is 0 Å². The molecule has 1 aliphatic heterocycles. The molecule has 1 aliphatic carbocycles. The molecule has 2 aliphatic rings. The van der Waals surface area contributed by atoms with E-state index in [0.29, 0.717) is 17.2 Å². The quantitative estimate of drug-likeness (QED) is 0.281. The highest BCUT2D eigenvalue weighted by atomic mass is 16.4. The van der Waals surface area contributed by atoms with E-state index in [2.05, 4.69) is 27.9 Å². The Labute approximate surface area is 220 Å². The normalized spacial score (nSPS) is 21.8. The van der Waals surface area contributed by atoms with Crippen molar-refractivity contribution in [1.29, 1.82) is 0 Å². The number of aliphatic hydroxyl groups excluding tert-OH is 1. The van der Waals surface area contributed by atoms with E-state index in [-0.39, 0.29) is 17.7 Å². The summed E-state index contributed by atoms with van der Waals surface area (Å²) in [4.78, 5) is 33.3. The van der Waals surface area contributed by atoms with Crippen LogP contribution in [0, 0.1) is 0 Å². The third kappa shape index (κ3) is 5.06. The molecule has 2 aromatic heterocycles. The summed E-state index contributed by atoms with van der Waals surface area (Å²) in [5.74, 6) is -0.526. The predicted octanol–water partition coefficient (Wildman–Crippen LogP) is 3.89. The van der Waals surface area contributed by atoms with Crippen molar-refractivity contribution in [1.82, 2.24) is 30.4 Å². The number of carbonyl (C=O) groups is 2. The minimum Gasteiger partial charge on any atom is -0.478 e. The molecule has 38 heavy (non-hydrogen) atoms. The number of fused-ring (bicyclic) bond motifs is 1. The highest BCUT2D eigenvalue weighted by Gasteiger charge is 2.31. The fourth-order valence-corrected chi connectivity index (χ4v) is 5.22. The van der Waals surface area contributed by atoms with Gasteiger partial charge in [-0.15, -0.1) is 0 Å². The molecule has 3 heterocycles. The van der Waals surface area contributed by atoms with E-state index in [1.54, 1.807) is 13.1 Å². The molecule has 0 radical (unpaired) electrons. The first kappa shape index (κ1) is 25.7. The molecule has 11 heteroatoms. The zero-order valence-electron chi connectivity index (χ0n) is 21.6. The van der Waals surface area contributed by atoms with E-state index in [1.807, 2.05) is 28.9 Å². The van der Waals surface area contributed by atoms with Crippen LogP contribution < -0.4 is 16.0 Å². The van der Waals surface area contributed by atoms with E-state index in [9.17, 15) is 19.8 Å². The van der Waals surface area contributed by atoms with Gasteiger partial charge in [-0.1, -0.05) is 37.6 Å². The Bertz CT molecular complexity index is 1370. The van der Waals surface area contributed by atoms with Gasteiger partial charge in [-0.3, -0.25) is 0 Å². The van der Waals surface area contributed by atoms with Crippen LogP contribution in [0.4, 0.5) is 10.7 Å². The molecular weight excluding hydrogens is 486 g/mol. The molecular formula is C27H33N7O4. The number of carboxylic acid groups (broad SMARTS) is 1. The van der Waals surface area contributed by atoms with Crippen LogP contribution in [0.1, 0.15) is 70.0 Å². The maximum absolute atomic E-state index is 12.0. The number of hydrogen-bond acceptors (Lipinski definition) is 7. The number of carbonyl (C=O) groups excluding carboxylic acids is 1. The summed E-state index contributed by atoms with van der Waals surface area (Å²) in [5.41, 5.74) is 3.39. The van der Waals surface area contributed by atoms with Gasteiger partial charge in [-0.05, 0) is 44.6 Å². The molecule has 1 atom stereocenters. The van der Waals surface area contributed by atoms with Crippen molar-refractivity contribution < 1.29 is 19.8 Å². The molecule has 1 fully saturated rings. The lowest BCUT2D eigenvalue weighted by molar-refractivity contribution is -0.133. The van der Waals surface area contributed by atoms with Crippen LogP contribution in [0.15, 0.2) is 41.7 Å². The number of rotatable bonds is 8. The molecule has 5 N–H and O–H groups in total. The first-order chi connectivity index (χ1) is 18.4. The molecule has 0 spiro atoms. The third-order valence-corrected chi connectivity index (χ3v) is 7.29. The number of aliphatic hydroxyl groups is 1. The zero-order chi connectivity index (χ0) is 26.8. The Morgan fingerprint density at radius 1 is 1.18 bits per heavy atom. The number of hydrogen-bond donors (Lipinski definition) is 5. The van der Waals surface area contributed by atoms with E-state index >= 15 is 0 Å². The topological polar surface area (TPSA) is 154 Å². The van der Waals surface area contributed by atoms with Gasteiger partial charge in [-0.25, -0.2) is 19.3 Å². The van der Waals surface area contributed by atoms with E-state index in [0.717, 1.165) is 67.4 Å². The van der Waals surface area contributed by atoms with Crippen LogP contribution in [0.25, 0.3) is 22.3 Å². The number of nitrogens with one attached hydrogen (secondary N) is 3. The second kappa shape index (κ2) is 10.8. The van der Waals surface area contributed by atoms with Gasteiger partial charge in [0.15, 0.2) is 5.65 Å². The largest absolute Gasteiger partial charge is 0.478 e. The number of nitrogens with zero attached hydrogens (tertiary/aromatic N) is 4. The van der Waals surface area contributed by atoms with Crippen molar-refractivity contribution in [2.75, 3.05) is 11.9 Å². The minimum absolute atomic E-state index is 0.100. The summed E-state index contributed by atoms with van der Waals surface area (Å²) >= 11 is 0. The van der Waals surface area contributed by atoms with Crippen molar-refractivity contribution >= 4 is 29.0 Å². The third-order valence-electron chi connectivity index (χ3n) is 7.29. The molecule has 0 saturated heterocycles. The molecule has 1 saturated carbocycles. The van der Waals surface area contributed by atoms with Crippen molar-refractivity contribution in [3.63, 3.8) is 0 Å². The molecule has 11 nitrogen and oxygen atoms in total. The summed E-state index contributed by atoms with van der Waals surface area (Å²) in [6, 6.07) is 6.30. The van der Waals surface area contributed by atoms with Crippen molar-refractivity contribution in [3.8, 4) is 11.3 Å². The van der Waals surface area contributed by atoms with Crippen LogP contribution in [0.2, 0.25) is 0 Å². The first-order valence-electron chi connectivity index (χ1n) is 13.1. The monoisotopic (exact) mass is 519 g/mol. The number of anilines is 1. The summed E-state index contributed by atoms with van der Waals surface area (Å²) in [6.07, 6.45) is 6.70. The van der Waals surface area contributed by atoms with Crippen LogP contribution in [0.3, 0.4) is 0 Å². The van der Waals surface area contributed by atoms with Crippen LogP contribution in [-0.4, -0.2) is 54.6 Å². The molecule has 2 amide bonds. The van der Waals surface area contributed by atoms with Gasteiger partial charge >= 0.3 is 12.0 Å². The number of unbranched alkanes of at least 4 members (excludes halogenated alkanes) is 1. The highest BCUT2D eigenvalue weighted by molar-refractivity contribution is 5.94. The van der Waals surface area contributed by atoms with E-state index in [4.69, 9.17) is 10.1 Å². The van der Waals surface area contributed by atoms with Crippen LogP contribution >= 0.6 is 0 Å². The first-order valence-corrected chi connectivity index (χ1v) is 13.1. The lowest BCUT2D eigenvalue weighted by atomic mass is 9.93. The maximum Gasteiger partial charge on any atom is 0.335 e. The Kier molecular flexibility index (Phi) is 7.28. The van der Waals surface area contributed by atoms with E-state index in [1.165, 1.54) is 0 Å². The van der Waals surface area contributed by atoms with Crippen molar-refractivity contribution in [3.05, 3.63) is 47.3 Å². The second-order valence-corrected chi connectivity index (χ2v) is 9.96. The highest BCUT2D eigenvalue weighted by Crippen LogP contribution is 2.35. The number of aromatic nitrogens is 4. The van der Waals surface area contributed by atoms with Gasteiger partial charge in [-0.2, -0.15) is 10.1 Å². The average Bonchev–Trinajstić information content (AvgIpc) is 3.27. The lowest BCUT2D eigenvalue weighted by Gasteiger charge is -2.27. The van der Waals surface area contributed by atoms with Crippen LogP contribution in [0.5, 0.6) is 0 Å². The Balaban J connectivity index is 1.51. The van der Waals surface area contributed by atoms with Gasteiger partial charge in [0, 0.05) is 24.0 Å². The number of urea groups is 1. The smallest absolute Gasteiger partial charge is 0.335 e. The van der Waals surface area contributed by atoms with E-state index < -0.39 is 18.0 Å². The van der Waals surface area contributed by atoms with Gasteiger partial charge in [0.25, 0.3) is 0 Å². The van der Waals surface area contributed by atoms with Gasteiger partial charge in [0.05, 0.1) is 29.1 Å². The average molecular weight is 520 g/mol. The Morgan fingerprint density at radius 2 is 1.92 bits per heavy atom. The summed E-state index contributed by atoms with van der Waals surface area (Å²) in [7, 11) is 0. The number of benzene rings is 1. The number of carboxylic acids is 1. The summed E-state index contributed by atoms with van der Waals surface area (Å²) < 4.78 is 1.97. The SMILES string of the molecule is CCCCNc1ncc2c(-c3ccc(C4NC(=O)NC(C)=C4C(=O)O)cc3)nn(C3CCC(O)CC3)c2n1. The van der Waals surface area contributed by atoms with Gasteiger partial charge in [0.2, 0.25) is 5.95 Å². The fourth-order valence-electron chi connectivity index (χ4n) is 5.22. The second-order valence-electron chi connectivity index (χ2n) is 9.96. The zero-order valence-corrected chi connectivity index (χ0v) is 21.6. The number of aliphatic carboxylic acids is 1. The minimum atomic E-state index is -1.09. The summed E-state index contributed by atoms with van der Waals surface area (Å²) in [5, 5.41) is 34.1. The Morgan fingerprint density at radius 3 is 2.61 bits per heavy atom. The molecule has 200 valence electrons. The molecule has 0 bridgehead atoms. The van der Waals surface area contributed by atoms with Crippen LogP contribution in [-0.2, 0) is 4.79 Å². The fraction of sp³-hybridized carbons (Fsp3) is 0.444. The lowest BCUT2D eigenvalue weighted by Crippen LogP contribution is -2.45. The maximum atomic E-state index is 12.0. The standard InChI is InChI=1S/C27H33N7O4/c1-3-4-13-28-26-29-14-20-22(33-34(24(20)32-26)18-9-11-19(35)12-10-18)16-5-7-17(8-6-16)23-21(25(36)37)15(2)30-27(38)31-23/h5-8,14,18-19,23,35H,3-4,9-13H2,1-2H3,(H,36,37)(H,28,29,32)(H2,30,31,38). The van der Waals surface area contributed by atoms with Crippen molar-refractivity contribution in [2.45, 2.75) is 70.6 Å². The molecule has 3 aromatic rings. The number of amides is 2. The molecule has 1 unspecified atom stereocenters. The summed E-state index contributed by atoms with van der Waals surface area (Å²) in [6.45, 7) is 4.51. The molecule has 5 rings (SSSR count). The Hall–Kier alpha value is -3.99.